The fourth-order valence-corrected chi connectivity index (χ4v) is 5.78. The van der Waals surface area contributed by atoms with Crippen molar-refractivity contribution in [3.05, 3.63) is 53.1 Å². The number of rotatable bonds is 7. The van der Waals surface area contributed by atoms with Crippen molar-refractivity contribution in [2.24, 2.45) is 0 Å². The van der Waals surface area contributed by atoms with Crippen molar-refractivity contribution in [2.45, 2.75) is 31.3 Å². The molecule has 11 heteroatoms. The van der Waals surface area contributed by atoms with E-state index in [1.54, 1.807) is 19.1 Å². The molecule has 1 saturated heterocycles. The molecule has 3 aromatic rings. The monoisotopic (exact) mass is 489 g/mol. The molecule has 0 unspecified atom stereocenters. The fraction of sp³-hybridized carbons (Fsp3) is 0.318. The van der Waals surface area contributed by atoms with Crippen LogP contribution in [0.2, 0.25) is 0 Å². The fourth-order valence-electron chi connectivity index (χ4n) is 3.47. The van der Waals surface area contributed by atoms with Gasteiger partial charge in [-0.2, -0.15) is 4.31 Å². The Morgan fingerprint density at radius 3 is 2.55 bits per heavy atom. The zero-order chi connectivity index (χ0) is 23.4. The zero-order valence-corrected chi connectivity index (χ0v) is 19.6. The van der Waals surface area contributed by atoms with Gasteiger partial charge in [0.25, 0.3) is 15.9 Å². The lowest BCUT2D eigenvalue weighted by Gasteiger charge is -2.24. The van der Waals surface area contributed by atoms with Crippen molar-refractivity contribution in [3.63, 3.8) is 0 Å². The van der Waals surface area contributed by atoms with Gasteiger partial charge >= 0.3 is 5.97 Å². The number of sulfonamides is 1. The van der Waals surface area contributed by atoms with Crippen molar-refractivity contribution in [1.29, 1.82) is 0 Å². The second-order valence-electron chi connectivity index (χ2n) is 7.32. The number of furan rings is 1. The van der Waals surface area contributed by atoms with E-state index in [0.29, 0.717) is 24.3 Å². The number of aromatic nitrogens is 1. The van der Waals surface area contributed by atoms with E-state index in [1.165, 1.54) is 16.4 Å². The minimum atomic E-state index is -3.79. The third-order valence-electron chi connectivity index (χ3n) is 5.07. The summed E-state index contributed by atoms with van der Waals surface area (Å²) in [6.07, 6.45) is 2.58. The van der Waals surface area contributed by atoms with E-state index in [9.17, 15) is 18.0 Å². The summed E-state index contributed by atoms with van der Waals surface area (Å²) in [5.74, 6) is -1.37. The van der Waals surface area contributed by atoms with Crippen molar-refractivity contribution < 1.29 is 27.2 Å². The number of amides is 1. The van der Waals surface area contributed by atoms with Gasteiger partial charge in [-0.3, -0.25) is 10.1 Å². The summed E-state index contributed by atoms with van der Waals surface area (Å²) in [6.45, 7) is 2.77. The van der Waals surface area contributed by atoms with Crippen LogP contribution in [0.15, 0.2) is 52.0 Å². The molecule has 1 aliphatic rings. The van der Waals surface area contributed by atoms with E-state index in [2.05, 4.69) is 10.3 Å². The summed E-state index contributed by atoms with van der Waals surface area (Å²) in [4.78, 5) is 29.8. The number of nitrogens with one attached hydrogen (secondary N) is 1. The van der Waals surface area contributed by atoms with Crippen LogP contribution in [0.25, 0.3) is 11.3 Å². The summed E-state index contributed by atoms with van der Waals surface area (Å²) in [7, 11) is -3.79. The van der Waals surface area contributed by atoms with E-state index in [4.69, 9.17) is 9.15 Å². The minimum absolute atomic E-state index is 0.166. The molecule has 1 aromatic carbocycles. The molecule has 3 heterocycles. The van der Waals surface area contributed by atoms with Crippen molar-refractivity contribution in [1.82, 2.24) is 9.29 Å². The van der Waals surface area contributed by atoms with Gasteiger partial charge in [0.2, 0.25) is 5.09 Å². The number of anilines is 1. The van der Waals surface area contributed by atoms with Gasteiger partial charge in [0.1, 0.15) is 4.88 Å². The number of hydrogen-bond acceptors (Lipinski definition) is 8. The van der Waals surface area contributed by atoms with Gasteiger partial charge in [-0.05, 0) is 31.9 Å². The van der Waals surface area contributed by atoms with Crippen LogP contribution in [0.1, 0.15) is 46.4 Å². The Labute approximate surface area is 195 Å². The van der Waals surface area contributed by atoms with E-state index in [1.807, 2.05) is 18.2 Å². The number of benzene rings is 1. The number of piperidine rings is 1. The van der Waals surface area contributed by atoms with Gasteiger partial charge in [-0.15, -0.1) is 0 Å². The Kier molecular flexibility index (Phi) is 6.91. The standard InChI is InChI=1S/C22H23N3O6S2/c1-2-30-21(27)19-18(15-9-5-3-6-10-15)23-22(32-19)24-20(26)16-11-12-17(31-16)33(28,29)25-13-7-4-8-14-25/h3,5-6,9-12H,2,4,7-8,13-14H2,1H3,(H,23,24,26). The molecule has 1 N–H and O–H groups in total. The highest BCUT2D eigenvalue weighted by Crippen LogP contribution is 2.32. The van der Waals surface area contributed by atoms with E-state index in [0.717, 1.165) is 30.6 Å². The highest BCUT2D eigenvalue weighted by atomic mass is 32.2. The van der Waals surface area contributed by atoms with Crippen LogP contribution < -0.4 is 5.32 Å². The first-order chi connectivity index (χ1) is 15.9. The van der Waals surface area contributed by atoms with Crippen molar-refractivity contribution >= 4 is 38.4 Å². The second kappa shape index (κ2) is 9.86. The molecule has 9 nitrogen and oxygen atoms in total. The normalized spacial score (nSPS) is 14.7. The molecule has 1 amide bonds. The van der Waals surface area contributed by atoms with Gasteiger partial charge in [0.05, 0.1) is 12.3 Å². The van der Waals surface area contributed by atoms with Crippen LogP contribution in [0.5, 0.6) is 0 Å². The van der Waals surface area contributed by atoms with Crippen LogP contribution in [-0.2, 0) is 14.8 Å². The first-order valence-corrected chi connectivity index (χ1v) is 12.8. The molecule has 0 spiro atoms. The van der Waals surface area contributed by atoms with E-state index < -0.39 is 21.9 Å². The summed E-state index contributed by atoms with van der Waals surface area (Å²) in [5, 5.41) is 2.48. The van der Waals surface area contributed by atoms with Crippen LogP contribution in [-0.4, -0.2) is 49.3 Å². The predicted molar refractivity (Wildman–Crippen MR) is 123 cm³/mol. The number of nitrogens with zero attached hydrogens (tertiary/aromatic N) is 2. The Morgan fingerprint density at radius 2 is 1.85 bits per heavy atom. The maximum Gasteiger partial charge on any atom is 0.350 e. The Hall–Kier alpha value is -3.02. The molecular weight excluding hydrogens is 466 g/mol. The zero-order valence-electron chi connectivity index (χ0n) is 17.9. The lowest BCUT2D eigenvalue weighted by Crippen LogP contribution is -2.35. The topological polar surface area (TPSA) is 119 Å². The molecule has 33 heavy (non-hydrogen) atoms. The third-order valence-corrected chi connectivity index (χ3v) is 7.79. The van der Waals surface area contributed by atoms with E-state index >= 15 is 0 Å². The third kappa shape index (κ3) is 5.00. The Bertz CT molecular complexity index is 1240. The van der Waals surface area contributed by atoms with Gasteiger partial charge in [0.15, 0.2) is 10.9 Å². The molecule has 174 valence electrons. The number of hydrogen-bond donors (Lipinski definition) is 1. The highest BCUT2D eigenvalue weighted by Gasteiger charge is 2.30. The highest BCUT2D eigenvalue weighted by molar-refractivity contribution is 7.89. The van der Waals surface area contributed by atoms with Crippen LogP contribution in [0.4, 0.5) is 5.13 Å². The summed E-state index contributed by atoms with van der Waals surface area (Å²) in [5.41, 5.74) is 1.09. The number of carbonyl (C=O) groups excluding carboxylic acids is 2. The maximum atomic E-state index is 12.8. The van der Waals surface area contributed by atoms with Crippen molar-refractivity contribution in [3.8, 4) is 11.3 Å². The molecular formula is C22H23N3O6S2. The molecule has 2 aromatic heterocycles. The van der Waals surface area contributed by atoms with Crippen molar-refractivity contribution in [2.75, 3.05) is 25.0 Å². The first kappa shape index (κ1) is 23.1. The number of thiazole rings is 1. The molecule has 1 fully saturated rings. The number of esters is 1. The smallest absolute Gasteiger partial charge is 0.350 e. The largest absolute Gasteiger partial charge is 0.462 e. The lowest BCUT2D eigenvalue weighted by molar-refractivity contribution is 0.0532. The summed E-state index contributed by atoms with van der Waals surface area (Å²) in [6, 6.07) is 11.7. The Balaban J connectivity index is 1.56. The van der Waals surface area contributed by atoms with Crippen LogP contribution in [0.3, 0.4) is 0 Å². The molecule has 0 bridgehead atoms. The number of carbonyl (C=O) groups is 2. The number of ether oxygens (including phenoxy) is 1. The van der Waals surface area contributed by atoms with Crippen LogP contribution >= 0.6 is 11.3 Å². The van der Waals surface area contributed by atoms with Crippen LogP contribution in [0, 0.1) is 0 Å². The Morgan fingerprint density at radius 1 is 1.12 bits per heavy atom. The van der Waals surface area contributed by atoms with Gasteiger partial charge in [-0.1, -0.05) is 48.1 Å². The lowest BCUT2D eigenvalue weighted by atomic mass is 10.1. The van der Waals surface area contributed by atoms with Gasteiger partial charge < -0.3 is 9.15 Å². The van der Waals surface area contributed by atoms with Gasteiger partial charge in [-0.25, -0.2) is 18.2 Å². The molecule has 0 atom stereocenters. The average molecular weight is 490 g/mol. The SMILES string of the molecule is CCOC(=O)c1sc(NC(=O)c2ccc(S(=O)(=O)N3CCCCC3)o2)nc1-c1ccccc1. The molecule has 4 rings (SSSR count). The first-order valence-electron chi connectivity index (χ1n) is 10.5. The molecule has 0 saturated carbocycles. The molecule has 0 aliphatic carbocycles. The maximum absolute atomic E-state index is 12.8. The van der Waals surface area contributed by atoms with Gasteiger partial charge in [0, 0.05) is 18.7 Å². The predicted octanol–water partition coefficient (Wildman–Crippen LogP) is 4.01. The summed E-state index contributed by atoms with van der Waals surface area (Å²) >= 11 is 0.975. The molecule has 0 radical (unpaired) electrons. The summed E-state index contributed by atoms with van der Waals surface area (Å²) < 4.78 is 37.4. The quantitative estimate of drug-likeness (QED) is 0.498. The minimum Gasteiger partial charge on any atom is -0.462 e. The van der Waals surface area contributed by atoms with E-state index in [-0.39, 0.29) is 27.5 Å². The average Bonchev–Trinajstić information content (AvgIpc) is 3.49. The second-order valence-corrected chi connectivity index (χ2v) is 10.2. The molecule has 1 aliphatic heterocycles.